The summed E-state index contributed by atoms with van der Waals surface area (Å²) in [5.74, 6) is 0.640. The zero-order chi connectivity index (χ0) is 11.0. The van der Waals surface area contributed by atoms with Crippen molar-refractivity contribution in [1.82, 2.24) is 0 Å². The van der Waals surface area contributed by atoms with E-state index in [9.17, 15) is 4.79 Å². The summed E-state index contributed by atoms with van der Waals surface area (Å²) >= 11 is 0. The first-order valence-electron chi connectivity index (χ1n) is 3.98. The third-order valence-corrected chi connectivity index (χ3v) is 1.42. The number of carbonyl (C=O) groups is 1. The Morgan fingerprint density at radius 2 is 1.86 bits per heavy atom. The summed E-state index contributed by atoms with van der Waals surface area (Å²) < 4.78 is 9.15. The standard InChI is InChI=1S/C8H9NO2.C2H6O/c1-11-7-2-3-8(9)6(4-7)5-10;1-3-2/h2-5H,9H2,1H3;1-2H3. The van der Waals surface area contributed by atoms with E-state index in [1.165, 1.54) is 0 Å². The Kier molecular flexibility index (Phi) is 6.15. The Morgan fingerprint density at radius 1 is 1.29 bits per heavy atom. The molecule has 0 spiro atoms. The molecular formula is C10H15NO3. The molecule has 78 valence electrons. The van der Waals surface area contributed by atoms with Gasteiger partial charge in [-0.2, -0.15) is 0 Å². The topological polar surface area (TPSA) is 61.6 Å². The van der Waals surface area contributed by atoms with Crippen LogP contribution in [0.4, 0.5) is 5.69 Å². The van der Waals surface area contributed by atoms with Gasteiger partial charge in [-0.25, -0.2) is 0 Å². The van der Waals surface area contributed by atoms with E-state index in [-0.39, 0.29) is 0 Å². The minimum Gasteiger partial charge on any atom is -0.497 e. The lowest BCUT2D eigenvalue weighted by atomic mass is 10.2. The molecule has 0 fully saturated rings. The number of nitrogens with two attached hydrogens (primary N) is 1. The predicted molar refractivity (Wildman–Crippen MR) is 55.7 cm³/mol. The van der Waals surface area contributed by atoms with Crippen molar-refractivity contribution in [2.45, 2.75) is 0 Å². The summed E-state index contributed by atoms with van der Waals surface area (Å²) in [7, 11) is 4.79. The lowest BCUT2D eigenvalue weighted by Crippen LogP contribution is -1.93. The number of nitrogen functional groups attached to an aromatic ring is 1. The largest absolute Gasteiger partial charge is 0.497 e. The molecule has 14 heavy (non-hydrogen) atoms. The molecule has 2 N–H and O–H groups in total. The van der Waals surface area contributed by atoms with E-state index in [0.29, 0.717) is 23.3 Å². The highest BCUT2D eigenvalue weighted by molar-refractivity contribution is 5.83. The van der Waals surface area contributed by atoms with Crippen LogP contribution in [0.1, 0.15) is 10.4 Å². The number of aldehydes is 1. The average molecular weight is 197 g/mol. The zero-order valence-corrected chi connectivity index (χ0v) is 8.61. The van der Waals surface area contributed by atoms with Gasteiger partial charge in [0, 0.05) is 25.5 Å². The van der Waals surface area contributed by atoms with Gasteiger partial charge in [-0.1, -0.05) is 0 Å². The van der Waals surface area contributed by atoms with Crippen molar-refractivity contribution < 1.29 is 14.3 Å². The Balaban J connectivity index is 0.000000500. The van der Waals surface area contributed by atoms with Gasteiger partial charge in [-0.05, 0) is 18.2 Å². The molecule has 1 aromatic carbocycles. The molecule has 0 unspecified atom stereocenters. The molecule has 0 bridgehead atoms. The summed E-state index contributed by atoms with van der Waals surface area (Å²) in [5, 5.41) is 0. The van der Waals surface area contributed by atoms with Gasteiger partial charge < -0.3 is 15.2 Å². The molecule has 0 aromatic heterocycles. The molecule has 4 heteroatoms. The van der Waals surface area contributed by atoms with E-state index in [1.807, 2.05) is 0 Å². The fourth-order valence-electron chi connectivity index (χ4n) is 0.782. The monoisotopic (exact) mass is 197 g/mol. The van der Waals surface area contributed by atoms with Crippen LogP contribution < -0.4 is 10.5 Å². The molecule has 0 atom stereocenters. The molecule has 0 saturated carbocycles. The maximum atomic E-state index is 10.4. The summed E-state index contributed by atoms with van der Waals surface area (Å²) in [6.45, 7) is 0. The van der Waals surface area contributed by atoms with Crippen LogP contribution in [-0.4, -0.2) is 27.6 Å². The molecule has 0 aliphatic rings. The summed E-state index contributed by atoms with van der Waals surface area (Å²) in [6, 6.07) is 4.95. The molecule has 0 aliphatic heterocycles. The number of benzene rings is 1. The number of anilines is 1. The molecule has 4 nitrogen and oxygen atoms in total. The smallest absolute Gasteiger partial charge is 0.152 e. The van der Waals surface area contributed by atoms with Crippen molar-refractivity contribution in [3.8, 4) is 5.75 Å². The average Bonchev–Trinajstić information content (AvgIpc) is 2.20. The Morgan fingerprint density at radius 3 is 2.29 bits per heavy atom. The second-order valence-electron chi connectivity index (χ2n) is 2.52. The molecule has 1 rings (SSSR count). The fourth-order valence-corrected chi connectivity index (χ4v) is 0.782. The second kappa shape index (κ2) is 6.91. The predicted octanol–water partition coefficient (Wildman–Crippen LogP) is 1.35. The quantitative estimate of drug-likeness (QED) is 0.574. The minimum atomic E-state index is 0.462. The van der Waals surface area contributed by atoms with Crippen LogP contribution >= 0.6 is 0 Å². The number of rotatable bonds is 2. The molecule has 1 aromatic rings. The van der Waals surface area contributed by atoms with Gasteiger partial charge >= 0.3 is 0 Å². The van der Waals surface area contributed by atoms with Gasteiger partial charge in [-0.3, -0.25) is 4.79 Å². The highest BCUT2D eigenvalue weighted by atomic mass is 16.5. The Bertz CT molecular complexity index is 287. The molecule has 0 heterocycles. The van der Waals surface area contributed by atoms with E-state index in [4.69, 9.17) is 10.5 Å². The zero-order valence-electron chi connectivity index (χ0n) is 8.61. The van der Waals surface area contributed by atoms with E-state index in [0.717, 1.165) is 0 Å². The first-order chi connectivity index (χ1) is 6.69. The Labute approximate surface area is 83.6 Å². The number of methoxy groups -OCH3 is 2. The SMILES string of the molecule is COC.COc1ccc(N)c(C=O)c1. The highest BCUT2D eigenvalue weighted by Gasteiger charge is 1.98. The van der Waals surface area contributed by atoms with Crippen molar-refractivity contribution in [3.05, 3.63) is 23.8 Å². The molecule has 0 radical (unpaired) electrons. The Hall–Kier alpha value is -1.55. The van der Waals surface area contributed by atoms with Crippen LogP contribution in [-0.2, 0) is 4.74 Å². The third-order valence-electron chi connectivity index (χ3n) is 1.42. The fraction of sp³-hybridized carbons (Fsp3) is 0.300. The summed E-state index contributed by atoms with van der Waals surface area (Å²) in [4.78, 5) is 10.4. The number of hydrogen-bond acceptors (Lipinski definition) is 4. The molecular weight excluding hydrogens is 182 g/mol. The maximum Gasteiger partial charge on any atom is 0.152 e. The minimum absolute atomic E-state index is 0.462. The van der Waals surface area contributed by atoms with E-state index >= 15 is 0 Å². The molecule has 0 amide bonds. The maximum absolute atomic E-state index is 10.4. The first-order valence-corrected chi connectivity index (χ1v) is 3.98. The van der Waals surface area contributed by atoms with Crippen molar-refractivity contribution in [1.29, 1.82) is 0 Å². The van der Waals surface area contributed by atoms with Crippen LogP contribution in [0.15, 0.2) is 18.2 Å². The van der Waals surface area contributed by atoms with Crippen LogP contribution in [0.3, 0.4) is 0 Å². The van der Waals surface area contributed by atoms with Gasteiger partial charge in [0.05, 0.1) is 7.11 Å². The van der Waals surface area contributed by atoms with E-state index in [1.54, 1.807) is 39.5 Å². The van der Waals surface area contributed by atoms with Gasteiger partial charge in [0.1, 0.15) is 5.75 Å². The lowest BCUT2D eigenvalue weighted by molar-refractivity contribution is 0.112. The number of hydrogen-bond donors (Lipinski definition) is 1. The van der Waals surface area contributed by atoms with Gasteiger partial charge in [-0.15, -0.1) is 0 Å². The number of carbonyl (C=O) groups excluding carboxylic acids is 1. The molecule has 0 aliphatic carbocycles. The lowest BCUT2D eigenvalue weighted by Gasteiger charge is -2.01. The van der Waals surface area contributed by atoms with Crippen LogP contribution in [0, 0.1) is 0 Å². The third kappa shape index (κ3) is 3.91. The second-order valence-corrected chi connectivity index (χ2v) is 2.52. The van der Waals surface area contributed by atoms with E-state index in [2.05, 4.69) is 4.74 Å². The van der Waals surface area contributed by atoms with E-state index < -0.39 is 0 Å². The summed E-state index contributed by atoms with van der Waals surface area (Å²) in [5.41, 5.74) is 6.40. The van der Waals surface area contributed by atoms with Crippen LogP contribution in [0.2, 0.25) is 0 Å². The van der Waals surface area contributed by atoms with Crippen LogP contribution in [0.5, 0.6) is 5.75 Å². The van der Waals surface area contributed by atoms with Crippen molar-refractivity contribution >= 4 is 12.0 Å². The van der Waals surface area contributed by atoms with Gasteiger partial charge in [0.25, 0.3) is 0 Å². The highest BCUT2D eigenvalue weighted by Crippen LogP contribution is 2.17. The number of ether oxygens (including phenoxy) is 2. The normalized spacial score (nSPS) is 8.50. The first kappa shape index (κ1) is 12.4. The van der Waals surface area contributed by atoms with Gasteiger partial charge in [0.2, 0.25) is 0 Å². The van der Waals surface area contributed by atoms with Crippen LogP contribution in [0.25, 0.3) is 0 Å². The van der Waals surface area contributed by atoms with Gasteiger partial charge in [0.15, 0.2) is 6.29 Å². The summed E-state index contributed by atoms with van der Waals surface area (Å²) in [6.07, 6.45) is 0.706. The van der Waals surface area contributed by atoms with Crippen molar-refractivity contribution in [2.75, 3.05) is 27.1 Å². The van der Waals surface area contributed by atoms with Crippen molar-refractivity contribution in [2.24, 2.45) is 0 Å². The molecule has 0 saturated heterocycles. The van der Waals surface area contributed by atoms with Crippen molar-refractivity contribution in [3.63, 3.8) is 0 Å².